The van der Waals surface area contributed by atoms with Gasteiger partial charge in [-0.1, -0.05) is 302 Å². The molecular formula is C77H128O6. The molecule has 0 radical (unpaired) electrons. The fourth-order valence-electron chi connectivity index (χ4n) is 9.50. The Labute approximate surface area is 513 Å². The first-order valence-electron chi connectivity index (χ1n) is 34.7. The average molecular weight is 1150 g/mol. The zero-order chi connectivity index (χ0) is 59.9. The van der Waals surface area contributed by atoms with E-state index in [0.29, 0.717) is 19.3 Å². The number of rotatable bonds is 62. The van der Waals surface area contributed by atoms with E-state index in [1.807, 2.05) is 0 Å². The molecule has 0 aliphatic heterocycles. The van der Waals surface area contributed by atoms with Crippen LogP contribution in [0.3, 0.4) is 0 Å². The summed E-state index contributed by atoms with van der Waals surface area (Å²) in [5.74, 6) is -0.957. The molecule has 6 heteroatoms. The normalized spacial score (nSPS) is 13.0. The number of hydrogen-bond donors (Lipinski definition) is 0. The molecule has 1 unspecified atom stereocenters. The third-order valence-electron chi connectivity index (χ3n) is 14.6. The molecule has 0 aromatic carbocycles. The third kappa shape index (κ3) is 68.2. The van der Waals surface area contributed by atoms with Crippen LogP contribution in [0.4, 0.5) is 0 Å². The second kappa shape index (κ2) is 70.0. The molecular weight excluding hydrogens is 1020 g/mol. The van der Waals surface area contributed by atoms with Crippen molar-refractivity contribution in [2.75, 3.05) is 13.2 Å². The highest BCUT2D eigenvalue weighted by atomic mass is 16.6. The standard InChI is InChI=1S/C77H128O6/c1-4-7-10-13-16-19-22-25-28-31-33-35-36-37-38-39-40-42-43-46-49-52-55-58-61-64-67-70-76(79)82-73-74(72-81-75(78)69-66-63-60-57-54-51-48-45-30-27-24-21-18-15-12-9-6-3)83-77(80)71-68-65-62-59-56-53-50-47-44-41-34-32-29-26-23-20-17-14-11-8-5-2/h7,9-10,12,16,18-19,21,23,25-28,30,32-35,48,51,57,60,74H,4-6,8,11,13-15,17,20,22,24,29,31,36-47,49-50,52-56,58-59,61-73H2,1-3H3/b10-7-,12-9-,19-16-,21-18-,26-23-,28-25-,30-27-,34-32-,35-33-,51-48-,60-57-. The van der Waals surface area contributed by atoms with Crippen LogP contribution in [0, 0.1) is 0 Å². The maximum absolute atomic E-state index is 13.0. The Morgan fingerprint density at radius 1 is 0.253 bits per heavy atom. The Kier molecular flexibility index (Phi) is 66.3. The first-order valence-corrected chi connectivity index (χ1v) is 34.7. The van der Waals surface area contributed by atoms with E-state index >= 15 is 0 Å². The Morgan fingerprint density at radius 2 is 0.482 bits per heavy atom. The van der Waals surface area contributed by atoms with Gasteiger partial charge < -0.3 is 14.2 Å². The van der Waals surface area contributed by atoms with Gasteiger partial charge in [-0.05, 0) is 128 Å². The van der Waals surface area contributed by atoms with E-state index in [4.69, 9.17) is 14.2 Å². The lowest BCUT2D eigenvalue weighted by atomic mass is 10.0. The summed E-state index contributed by atoms with van der Waals surface area (Å²) in [5, 5.41) is 0. The first-order chi connectivity index (χ1) is 41.0. The molecule has 0 fully saturated rings. The lowest BCUT2D eigenvalue weighted by Crippen LogP contribution is -2.30. The minimum absolute atomic E-state index is 0.0997. The minimum atomic E-state index is -0.810. The summed E-state index contributed by atoms with van der Waals surface area (Å²) in [6.45, 7) is 6.38. The van der Waals surface area contributed by atoms with Crippen LogP contribution < -0.4 is 0 Å². The van der Waals surface area contributed by atoms with Crippen molar-refractivity contribution in [1.29, 1.82) is 0 Å². The van der Waals surface area contributed by atoms with Crippen LogP contribution in [0.15, 0.2) is 134 Å². The highest BCUT2D eigenvalue weighted by molar-refractivity contribution is 5.71. The molecule has 0 bridgehead atoms. The molecule has 472 valence electrons. The number of hydrogen-bond acceptors (Lipinski definition) is 6. The maximum Gasteiger partial charge on any atom is 0.306 e. The molecule has 0 amide bonds. The molecule has 83 heavy (non-hydrogen) atoms. The second-order valence-corrected chi connectivity index (χ2v) is 22.7. The number of esters is 3. The third-order valence-corrected chi connectivity index (χ3v) is 14.6. The lowest BCUT2D eigenvalue weighted by Gasteiger charge is -2.18. The zero-order valence-electron chi connectivity index (χ0n) is 54.2. The van der Waals surface area contributed by atoms with Crippen LogP contribution in [-0.2, 0) is 28.6 Å². The number of carbonyl (C=O) groups excluding carboxylic acids is 3. The van der Waals surface area contributed by atoms with E-state index in [2.05, 4.69) is 154 Å². The molecule has 0 spiro atoms. The fourth-order valence-corrected chi connectivity index (χ4v) is 9.50. The lowest BCUT2D eigenvalue weighted by molar-refractivity contribution is -0.167. The van der Waals surface area contributed by atoms with E-state index in [1.54, 1.807) is 0 Å². The van der Waals surface area contributed by atoms with E-state index in [9.17, 15) is 14.4 Å². The Hall–Kier alpha value is -4.45. The number of carbonyl (C=O) groups is 3. The number of ether oxygens (including phenoxy) is 3. The van der Waals surface area contributed by atoms with Crippen LogP contribution in [-0.4, -0.2) is 37.2 Å². The zero-order valence-corrected chi connectivity index (χ0v) is 54.2. The molecule has 0 heterocycles. The van der Waals surface area contributed by atoms with Gasteiger partial charge in [-0.25, -0.2) is 0 Å². The van der Waals surface area contributed by atoms with Gasteiger partial charge in [0, 0.05) is 19.3 Å². The van der Waals surface area contributed by atoms with Crippen LogP contribution in [0.25, 0.3) is 0 Å². The molecule has 0 saturated heterocycles. The number of allylic oxidation sites excluding steroid dienone is 22. The van der Waals surface area contributed by atoms with Gasteiger partial charge in [-0.3, -0.25) is 14.4 Å². The summed E-state index contributed by atoms with van der Waals surface area (Å²) in [6, 6.07) is 0. The van der Waals surface area contributed by atoms with Crippen molar-refractivity contribution >= 4 is 17.9 Å². The fraction of sp³-hybridized carbons (Fsp3) is 0.675. The molecule has 0 aliphatic carbocycles. The Morgan fingerprint density at radius 3 is 0.783 bits per heavy atom. The Balaban J connectivity index is 4.40. The summed E-state index contributed by atoms with van der Waals surface area (Å²) in [5.41, 5.74) is 0. The predicted octanol–water partition coefficient (Wildman–Crippen LogP) is 24.1. The predicted molar refractivity (Wildman–Crippen MR) is 362 cm³/mol. The highest BCUT2D eigenvalue weighted by Gasteiger charge is 2.19. The summed E-state index contributed by atoms with van der Waals surface area (Å²) in [7, 11) is 0. The molecule has 0 aromatic rings. The average Bonchev–Trinajstić information content (AvgIpc) is 3.50. The van der Waals surface area contributed by atoms with Crippen molar-refractivity contribution in [2.24, 2.45) is 0 Å². The van der Waals surface area contributed by atoms with E-state index in [1.165, 1.54) is 161 Å². The van der Waals surface area contributed by atoms with Gasteiger partial charge in [0.15, 0.2) is 6.10 Å². The van der Waals surface area contributed by atoms with Crippen molar-refractivity contribution in [3.05, 3.63) is 134 Å². The van der Waals surface area contributed by atoms with Gasteiger partial charge in [-0.2, -0.15) is 0 Å². The SMILES string of the molecule is CC/C=C\C/C=C\C/C=C\C/C=C\C/C=C\CCCC(=O)OCC(COC(=O)CCCCCCCCCCCCCCCC/C=C\C/C=C\C/C=C\C/C=C\CC)OC(=O)CCCCCCCCCCC/C=C\C/C=C\CCCCCCC. The molecule has 0 saturated carbocycles. The topological polar surface area (TPSA) is 78.9 Å². The summed E-state index contributed by atoms with van der Waals surface area (Å²) in [6.07, 6.45) is 99.0. The second-order valence-electron chi connectivity index (χ2n) is 22.7. The molecule has 0 N–H and O–H groups in total. The van der Waals surface area contributed by atoms with Gasteiger partial charge in [0.05, 0.1) is 0 Å². The summed E-state index contributed by atoms with van der Waals surface area (Å²) < 4.78 is 16.9. The van der Waals surface area contributed by atoms with E-state index < -0.39 is 6.10 Å². The maximum atomic E-state index is 13.0. The molecule has 6 nitrogen and oxygen atoms in total. The van der Waals surface area contributed by atoms with Crippen LogP contribution in [0.5, 0.6) is 0 Å². The van der Waals surface area contributed by atoms with Crippen LogP contribution in [0.1, 0.15) is 316 Å². The summed E-state index contributed by atoms with van der Waals surface area (Å²) >= 11 is 0. The first kappa shape index (κ1) is 78.5. The van der Waals surface area contributed by atoms with Crippen molar-refractivity contribution in [3.8, 4) is 0 Å². The smallest absolute Gasteiger partial charge is 0.306 e. The molecule has 0 aliphatic rings. The largest absolute Gasteiger partial charge is 0.462 e. The van der Waals surface area contributed by atoms with E-state index in [-0.39, 0.29) is 37.5 Å². The van der Waals surface area contributed by atoms with Crippen molar-refractivity contribution in [1.82, 2.24) is 0 Å². The van der Waals surface area contributed by atoms with Crippen molar-refractivity contribution < 1.29 is 28.6 Å². The van der Waals surface area contributed by atoms with Gasteiger partial charge in [0.25, 0.3) is 0 Å². The van der Waals surface area contributed by atoms with Crippen LogP contribution >= 0.6 is 0 Å². The van der Waals surface area contributed by atoms with Crippen molar-refractivity contribution in [2.45, 2.75) is 322 Å². The molecule has 0 aromatic heterocycles. The van der Waals surface area contributed by atoms with Crippen molar-refractivity contribution in [3.63, 3.8) is 0 Å². The highest BCUT2D eigenvalue weighted by Crippen LogP contribution is 2.16. The monoisotopic (exact) mass is 1150 g/mol. The van der Waals surface area contributed by atoms with E-state index in [0.717, 1.165) is 109 Å². The van der Waals surface area contributed by atoms with Gasteiger partial charge in [0.2, 0.25) is 0 Å². The number of unbranched alkanes of at least 4 members (excludes halogenated alkanes) is 29. The van der Waals surface area contributed by atoms with Crippen LogP contribution in [0.2, 0.25) is 0 Å². The van der Waals surface area contributed by atoms with Gasteiger partial charge in [0.1, 0.15) is 13.2 Å². The minimum Gasteiger partial charge on any atom is -0.462 e. The van der Waals surface area contributed by atoms with Gasteiger partial charge in [-0.15, -0.1) is 0 Å². The Bertz CT molecular complexity index is 1750. The molecule has 1 atom stereocenters. The molecule has 0 rings (SSSR count). The quantitative estimate of drug-likeness (QED) is 0.0261. The summed E-state index contributed by atoms with van der Waals surface area (Å²) in [4.78, 5) is 38.4. The van der Waals surface area contributed by atoms with Gasteiger partial charge >= 0.3 is 17.9 Å².